The van der Waals surface area contributed by atoms with Crippen LogP contribution in [0.2, 0.25) is 0 Å². The highest BCUT2D eigenvalue weighted by Gasteiger charge is 2.44. The molecule has 2 bridgehead atoms. The van der Waals surface area contributed by atoms with Gasteiger partial charge in [-0.2, -0.15) is 9.57 Å². The normalized spacial score (nSPS) is 20.1. The van der Waals surface area contributed by atoms with Gasteiger partial charge in [-0.15, -0.1) is 0 Å². The van der Waals surface area contributed by atoms with Crippen LogP contribution in [-0.4, -0.2) is 73.1 Å². The zero-order valence-corrected chi connectivity index (χ0v) is 23.9. The summed E-state index contributed by atoms with van der Waals surface area (Å²) in [7, 11) is 1.36. The van der Waals surface area contributed by atoms with E-state index in [-0.39, 0.29) is 23.2 Å². The minimum atomic E-state index is -3.60. The molecule has 40 heavy (non-hydrogen) atoms. The average Bonchev–Trinajstić information content (AvgIpc) is 3.51. The van der Waals surface area contributed by atoms with Crippen molar-refractivity contribution in [2.75, 3.05) is 33.9 Å². The minimum absolute atomic E-state index is 0.111. The average molecular weight is 566 g/mol. The largest absolute Gasteiger partial charge is 0.493 e. The van der Waals surface area contributed by atoms with Gasteiger partial charge in [-0.25, -0.2) is 13.4 Å². The fourth-order valence-corrected chi connectivity index (χ4v) is 7.23. The second-order valence-electron chi connectivity index (χ2n) is 10.3. The SMILES string of the molecule is COc1ccc(O[C@H](CCCN2C3CCC2CN(S(=O)(=O)c2cn(C)cn2)C3)c2ccc(C#N)cc2)cc1OC. The number of rotatable bonds is 11. The van der Waals surface area contributed by atoms with Gasteiger partial charge < -0.3 is 18.8 Å². The van der Waals surface area contributed by atoms with Gasteiger partial charge in [0.15, 0.2) is 16.5 Å². The van der Waals surface area contributed by atoms with Gasteiger partial charge in [0.1, 0.15) is 11.9 Å². The summed E-state index contributed by atoms with van der Waals surface area (Å²) in [6.45, 7) is 1.82. The molecule has 11 heteroatoms. The van der Waals surface area contributed by atoms with E-state index in [2.05, 4.69) is 16.0 Å². The lowest BCUT2D eigenvalue weighted by Gasteiger charge is -2.40. The van der Waals surface area contributed by atoms with Crippen LogP contribution in [0.5, 0.6) is 17.2 Å². The van der Waals surface area contributed by atoms with Crippen LogP contribution in [0.4, 0.5) is 0 Å². The van der Waals surface area contributed by atoms with Crippen molar-refractivity contribution in [3.05, 3.63) is 66.1 Å². The van der Waals surface area contributed by atoms with Gasteiger partial charge in [0.05, 0.1) is 32.2 Å². The van der Waals surface area contributed by atoms with Crippen LogP contribution in [0.15, 0.2) is 60.0 Å². The third-order valence-corrected chi connectivity index (χ3v) is 9.53. The molecule has 3 aromatic rings. The molecule has 2 fully saturated rings. The number of fused-ring (bicyclic) bond motifs is 2. The van der Waals surface area contributed by atoms with Crippen molar-refractivity contribution >= 4 is 10.0 Å². The first kappa shape index (κ1) is 28.0. The molecule has 2 unspecified atom stereocenters. The van der Waals surface area contributed by atoms with E-state index >= 15 is 0 Å². The number of methoxy groups -OCH3 is 2. The van der Waals surface area contributed by atoms with Crippen LogP contribution in [0, 0.1) is 11.3 Å². The Balaban J connectivity index is 1.26. The van der Waals surface area contributed by atoms with Gasteiger partial charge in [0.2, 0.25) is 0 Å². The number of piperazine rings is 1. The Morgan fingerprint density at radius 1 is 1.05 bits per heavy atom. The Morgan fingerprint density at radius 3 is 2.35 bits per heavy atom. The lowest BCUT2D eigenvalue weighted by molar-refractivity contribution is 0.101. The maximum absolute atomic E-state index is 13.2. The molecule has 0 saturated carbocycles. The summed E-state index contributed by atoms with van der Waals surface area (Å²) in [4.78, 5) is 6.56. The number of benzene rings is 2. The number of ether oxygens (including phenoxy) is 3. The molecule has 2 aliphatic heterocycles. The maximum Gasteiger partial charge on any atom is 0.262 e. The van der Waals surface area contributed by atoms with Crippen molar-refractivity contribution in [1.82, 2.24) is 18.8 Å². The topological polar surface area (TPSA) is 110 Å². The van der Waals surface area contributed by atoms with E-state index in [1.54, 1.807) is 36.3 Å². The molecule has 2 saturated heterocycles. The van der Waals surface area contributed by atoms with E-state index < -0.39 is 10.0 Å². The summed E-state index contributed by atoms with van der Waals surface area (Å²) < 4.78 is 46.9. The zero-order chi connectivity index (χ0) is 28.3. The number of hydrogen-bond donors (Lipinski definition) is 0. The van der Waals surface area contributed by atoms with Gasteiger partial charge in [-0.3, -0.25) is 4.90 Å². The third-order valence-electron chi connectivity index (χ3n) is 7.81. The maximum atomic E-state index is 13.2. The van der Waals surface area contributed by atoms with Gasteiger partial charge >= 0.3 is 0 Å². The zero-order valence-electron chi connectivity index (χ0n) is 23.1. The third kappa shape index (κ3) is 5.80. The molecular formula is C29H35N5O5S. The quantitative estimate of drug-likeness (QED) is 0.346. The van der Waals surface area contributed by atoms with E-state index in [1.807, 2.05) is 42.5 Å². The van der Waals surface area contributed by atoms with Gasteiger partial charge in [-0.05, 0) is 62.1 Å². The smallest absolute Gasteiger partial charge is 0.262 e. The molecule has 0 aliphatic carbocycles. The number of aromatic nitrogens is 2. The monoisotopic (exact) mass is 565 g/mol. The van der Waals surface area contributed by atoms with E-state index in [4.69, 9.17) is 14.2 Å². The predicted octanol–water partition coefficient (Wildman–Crippen LogP) is 3.75. The van der Waals surface area contributed by atoms with Crippen molar-refractivity contribution in [2.45, 2.75) is 48.9 Å². The molecule has 3 heterocycles. The summed E-state index contributed by atoms with van der Waals surface area (Å²) in [6.07, 6.45) is 6.45. The highest BCUT2D eigenvalue weighted by molar-refractivity contribution is 7.89. The first-order chi connectivity index (χ1) is 19.3. The Labute approximate surface area is 235 Å². The molecular weight excluding hydrogens is 530 g/mol. The fourth-order valence-electron chi connectivity index (χ4n) is 5.75. The van der Waals surface area contributed by atoms with Gasteiger partial charge in [0.25, 0.3) is 10.0 Å². The second-order valence-corrected chi connectivity index (χ2v) is 12.2. The predicted molar refractivity (Wildman–Crippen MR) is 149 cm³/mol. The van der Waals surface area contributed by atoms with Gasteiger partial charge in [-0.1, -0.05) is 12.1 Å². The first-order valence-corrected chi connectivity index (χ1v) is 14.9. The molecule has 212 valence electrons. The van der Waals surface area contributed by atoms with Crippen molar-refractivity contribution in [1.29, 1.82) is 5.26 Å². The summed E-state index contributed by atoms with van der Waals surface area (Å²) in [6, 6.07) is 15.5. The fraction of sp³-hybridized carbons (Fsp3) is 0.448. The van der Waals surface area contributed by atoms with Crippen LogP contribution in [0.25, 0.3) is 0 Å². The number of hydrogen-bond acceptors (Lipinski definition) is 8. The second kappa shape index (κ2) is 11.9. The summed E-state index contributed by atoms with van der Waals surface area (Å²) in [5.41, 5.74) is 1.59. The van der Waals surface area contributed by atoms with E-state index in [9.17, 15) is 13.7 Å². The van der Waals surface area contributed by atoms with E-state index in [1.165, 1.54) is 6.33 Å². The van der Waals surface area contributed by atoms with Crippen molar-refractivity contribution in [3.63, 3.8) is 0 Å². The Hall–Kier alpha value is -3.59. The molecule has 5 rings (SSSR count). The molecule has 3 atom stereocenters. The molecule has 0 spiro atoms. The standard InChI is InChI=1S/C29H35N5O5S/c1-32-19-29(31-20-32)40(35,36)33-17-23-10-11-24(18-33)34(23)14-4-5-26(22-8-6-21(16-30)7-9-22)39-25-12-13-27(37-2)28(15-25)38-3/h6-9,12-13,15,19-20,23-24,26H,4-5,10-11,14,17-18H2,1-3H3/t23?,24?,26-/m1/s1. The molecule has 1 aromatic heterocycles. The first-order valence-electron chi connectivity index (χ1n) is 13.4. The molecule has 0 amide bonds. The van der Waals surface area contributed by atoms with Crippen LogP contribution >= 0.6 is 0 Å². The lowest BCUT2D eigenvalue weighted by Crippen LogP contribution is -2.55. The summed E-state index contributed by atoms with van der Waals surface area (Å²) >= 11 is 0. The van der Waals surface area contributed by atoms with Crippen LogP contribution in [0.1, 0.15) is 42.9 Å². The van der Waals surface area contributed by atoms with Crippen LogP contribution in [0.3, 0.4) is 0 Å². The molecule has 0 N–H and O–H groups in total. The molecule has 2 aromatic carbocycles. The summed E-state index contributed by atoms with van der Waals surface area (Å²) in [5, 5.41) is 9.34. The molecule has 0 radical (unpaired) electrons. The molecule has 2 aliphatic rings. The Bertz CT molecular complexity index is 1450. The number of aryl methyl sites for hydroxylation is 1. The minimum Gasteiger partial charge on any atom is -0.493 e. The highest BCUT2D eigenvalue weighted by Crippen LogP contribution is 2.36. The van der Waals surface area contributed by atoms with Gasteiger partial charge in [0, 0.05) is 44.5 Å². The molecule has 10 nitrogen and oxygen atoms in total. The van der Waals surface area contributed by atoms with Crippen molar-refractivity contribution in [3.8, 4) is 23.3 Å². The highest BCUT2D eigenvalue weighted by atomic mass is 32.2. The number of nitriles is 1. The lowest BCUT2D eigenvalue weighted by atomic mass is 10.0. The summed E-state index contributed by atoms with van der Waals surface area (Å²) in [5.74, 6) is 1.89. The van der Waals surface area contributed by atoms with Crippen molar-refractivity contribution in [2.24, 2.45) is 7.05 Å². The van der Waals surface area contributed by atoms with E-state index in [0.29, 0.717) is 35.9 Å². The number of nitrogens with zero attached hydrogens (tertiary/aromatic N) is 5. The van der Waals surface area contributed by atoms with Crippen LogP contribution < -0.4 is 14.2 Å². The van der Waals surface area contributed by atoms with Crippen LogP contribution in [-0.2, 0) is 17.1 Å². The van der Waals surface area contributed by atoms with E-state index in [0.717, 1.165) is 37.8 Å². The number of imidazole rings is 1. The number of sulfonamides is 1. The van der Waals surface area contributed by atoms with Crippen molar-refractivity contribution < 1.29 is 22.6 Å². The Morgan fingerprint density at radius 2 is 1.75 bits per heavy atom. The Kier molecular flexibility index (Phi) is 8.30.